The van der Waals surface area contributed by atoms with Gasteiger partial charge in [-0.25, -0.2) is 0 Å². The highest BCUT2D eigenvalue weighted by molar-refractivity contribution is 6.15. The van der Waals surface area contributed by atoms with Gasteiger partial charge >= 0.3 is 0 Å². The topological polar surface area (TPSA) is 60.9 Å². The molecule has 0 N–H and O–H groups in total. The summed E-state index contributed by atoms with van der Waals surface area (Å²) in [6.07, 6.45) is 3.14. The molecule has 22 heavy (non-hydrogen) atoms. The van der Waals surface area contributed by atoms with E-state index in [0.29, 0.717) is 43.0 Å². The quantitative estimate of drug-likeness (QED) is 0.672. The van der Waals surface area contributed by atoms with Gasteiger partial charge in [0.05, 0.1) is 0 Å². The third-order valence-corrected chi connectivity index (χ3v) is 3.91. The molecule has 6 heteroatoms. The number of hydrogen-bond donors (Lipinski definition) is 0. The van der Waals surface area contributed by atoms with Crippen LogP contribution in [-0.2, 0) is 14.4 Å². The van der Waals surface area contributed by atoms with Gasteiger partial charge in [-0.1, -0.05) is 6.58 Å². The minimum atomic E-state index is -0.251. The van der Waals surface area contributed by atoms with Crippen LogP contribution in [0.1, 0.15) is 13.8 Å². The highest BCUT2D eigenvalue weighted by Gasteiger charge is 2.28. The predicted molar refractivity (Wildman–Crippen MR) is 82.6 cm³/mol. The summed E-state index contributed by atoms with van der Waals surface area (Å²) < 4.78 is 0. The van der Waals surface area contributed by atoms with Gasteiger partial charge in [-0.15, -0.1) is 0 Å². The van der Waals surface area contributed by atoms with Crippen LogP contribution in [0.4, 0.5) is 0 Å². The van der Waals surface area contributed by atoms with E-state index >= 15 is 0 Å². The second-order valence-electron chi connectivity index (χ2n) is 5.70. The first-order valence-electron chi connectivity index (χ1n) is 7.23. The van der Waals surface area contributed by atoms with Crippen LogP contribution in [0.3, 0.4) is 0 Å². The summed E-state index contributed by atoms with van der Waals surface area (Å²) in [6, 6.07) is 0. The Bertz CT molecular complexity index is 552. The normalized spacial score (nSPS) is 18.7. The van der Waals surface area contributed by atoms with E-state index < -0.39 is 0 Å². The van der Waals surface area contributed by atoms with E-state index in [1.54, 1.807) is 24.8 Å². The van der Waals surface area contributed by atoms with Crippen molar-refractivity contribution in [1.82, 2.24) is 14.7 Å². The molecule has 0 fully saturated rings. The summed E-state index contributed by atoms with van der Waals surface area (Å²) >= 11 is 0. The SMILES string of the molecule is C=C1C=C(C)C(=O)N1CCN(C)CCN1C(=O)C=C(C)C1=O. The number of amides is 3. The number of imide groups is 1. The number of carbonyl (C=O) groups is 3. The van der Waals surface area contributed by atoms with Crippen LogP contribution in [0.25, 0.3) is 0 Å². The lowest BCUT2D eigenvalue weighted by molar-refractivity contribution is -0.137. The van der Waals surface area contributed by atoms with Crippen LogP contribution in [0, 0.1) is 0 Å². The van der Waals surface area contributed by atoms with E-state index in [-0.39, 0.29) is 17.7 Å². The lowest BCUT2D eigenvalue weighted by Gasteiger charge is -2.24. The monoisotopic (exact) mass is 303 g/mol. The zero-order valence-electron chi connectivity index (χ0n) is 13.3. The van der Waals surface area contributed by atoms with Gasteiger partial charge in [-0.2, -0.15) is 0 Å². The van der Waals surface area contributed by atoms with Crippen LogP contribution >= 0.6 is 0 Å². The van der Waals surface area contributed by atoms with Crippen molar-refractivity contribution in [3.05, 3.63) is 35.6 Å². The van der Waals surface area contributed by atoms with E-state index in [9.17, 15) is 14.4 Å². The molecule has 118 valence electrons. The van der Waals surface area contributed by atoms with Gasteiger partial charge in [0.1, 0.15) is 0 Å². The minimum absolute atomic E-state index is 0.0110. The second kappa shape index (κ2) is 6.27. The molecule has 0 unspecified atom stereocenters. The Labute approximate surface area is 130 Å². The van der Waals surface area contributed by atoms with Gasteiger partial charge in [0.15, 0.2) is 0 Å². The van der Waals surface area contributed by atoms with Crippen molar-refractivity contribution in [3.63, 3.8) is 0 Å². The molecule has 0 aromatic rings. The Hall–Kier alpha value is -2.21. The molecular weight excluding hydrogens is 282 g/mol. The standard InChI is InChI=1S/C16H21N3O3/c1-11-9-13(3)18(15(11)21)7-5-17(4)6-8-19-14(20)10-12(2)16(19)22/h9-10H,3,5-8H2,1-2,4H3. The molecule has 0 radical (unpaired) electrons. The summed E-state index contributed by atoms with van der Waals surface area (Å²) in [5.74, 6) is -0.483. The summed E-state index contributed by atoms with van der Waals surface area (Å²) in [4.78, 5) is 40.2. The van der Waals surface area contributed by atoms with Crippen molar-refractivity contribution in [2.75, 3.05) is 33.2 Å². The molecule has 0 spiro atoms. The number of rotatable bonds is 6. The number of carbonyl (C=O) groups excluding carboxylic acids is 3. The minimum Gasteiger partial charge on any atom is -0.308 e. The third kappa shape index (κ3) is 3.17. The molecular formula is C16H21N3O3. The lowest BCUT2D eigenvalue weighted by atomic mass is 10.3. The Morgan fingerprint density at radius 2 is 1.45 bits per heavy atom. The molecule has 0 atom stereocenters. The lowest BCUT2D eigenvalue weighted by Crippen LogP contribution is -2.40. The van der Waals surface area contributed by atoms with E-state index in [1.165, 1.54) is 11.0 Å². The molecule has 3 amide bonds. The number of nitrogens with zero attached hydrogens (tertiary/aromatic N) is 3. The summed E-state index contributed by atoms with van der Waals surface area (Å²) in [5, 5.41) is 0. The van der Waals surface area contributed by atoms with Crippen molar-refractivity contribution >= 4 is 17.7 Å². The predicted octanol–water partition coefficient (Wildman–Crippen LogP) is 0.536. The molecule has 2 aliphatic rings. The summed E-state index contributed by atoms with van der Waals surface area (Å²) in [5.41, 5.74) is 1.89. The van der Waals surface area contributed by atoms with E-state index in [2.05, 4.69) is 6.58 Å². The summed E-state index contributed by atoms with van der Waals surface area (Å²) in [6.45, 7) is 9.39. The number of likely N-dealkylation sites (N-methyl/N-ethyl adjacent to an activating group) is 1. The van der Waals surface area contributed by atoms with Gasteiger partial charge in [0.2, 0.25) is 0 Å². The van der Waals surface area contributed by atoms with Gasteiger partial charge in [0.25, 0.3) is 17.7 Å². The fourth-order valence-corrected chi connectivity index (χ4v) is 2.48. The summed E-state index contributed by atoms with van der Waals surface area (Å²) in [7, 11) is 1.90. The van der Waals surface area contributed by atoms with Gasteiger partial charge in [0, 0.05) is 49.1 Å². The van der Waals surface area contributed by atoms with Crippen LogP contribution in [0.2, 0.25) is 0 Å². The average Bonchev–Trinajstić information content (AvgIpc) is 2.83. The Morgan fingerprint density at radius 3 is 1.91 bits per heavy atom. The molecule has 0 aliphatic carbocycles. The third-order valence-electron chi connectivity index (χ3n) is 3.91. The smallest absolute Gasteiger partial charge is 0.256 e. The van der Waals surface area contributed by atoms with Crippen molar-refractivity contribution in [3.8, 4) is 0 Å². The van der Waals surface area contributed by atoms with Crippen LogP contribution in [-0.4, -0.2) is 65.6 Å². The highest BCUT2D eigenvalue weighted by Crippen LogP contribution is 2.18. The fraction of sp³-hybridized carbons (Fsp3) is 0.438. The largest absolute Gasteiger partial charge is 0.308 e. The maximum atomic E-state index is 11.9. The zero-order chi connectivity index (χ0) is 16.4. The molecule has 2 heterocycles. The van der Waals surface area contributed by atoms with E-state index in [1.807, 2.05) is 11.9 Å². The number of allylic oxidation sites excluding steroid dienone is 1. The highest BCUT2D eigenvalue weighted by atomic mass is 16.2. The molecule has 0 saturated carbocycles. The van der Waals surface area contributed by atoms with Crippen molar-refractivity contribution in [1.29, 1.82) is 0 Å². The Morgan fingerprint density at radius 1 is 0.955 bits per heavy atom. The molecule has 0 aromatic carbocycles. The average molecular weight is 303 g/mol. The zero-order valence-corrected chi connectivity index (χ0v) is 13.3. The first kappa shape index (κ1) is 16.2. The molecule has 2 rings (SSSR count). The molecule has 0 bridgehead atoms. The maximum Gasteiger partial charge on any atom is 0.256 e. The van der Waals surface area contributed by atoms with Gasteiger partial charge < -0.3 is 9.80 Å². The number of hydrogen-bond acceptors (Lipinski definition) is 4. The van der Waals surface area contributed by atoms with Crippen molar-refractivity contribution in [2.45, 2.75) is 13.8 Å². The van der Waals surface area contributed by atoms with Crippen molar-refractivity contribution in [2.24, 2.45) is 0 Å². The Kier molecular flexibility index (Phi) is 4.61. The van der Waals surface area contributed by atoms with Crippen LogP contribution in [0.15, 0.2) is 35.6 Å². The van der Waals surface area contributed by atoms with Crippen LogP contribution in [0.5, 0.6) is 0 Å². The van der Waals surface area contributed by atoms with Gasteiger partial charge in [-0.05, 0) is 27.0 Å². The van der Waals surface area contributed by atoms with Crippen molar-refractivity contribution < 1.29 is 14.4 Å². The molecule has 2 aliphatic heterocycles. The molecule has 6 nitrogen and oxygen atoms in total. The van der Waals surface area contributed by atoms with E-state index in [4.69, 9.17) is 0 Å². The second-order valence-corrected chi connectivity index (χ2v) is 5.70. The molecule has 0 aromatic heterocycles. The first-order chi connectivity index (χ1) is 10.3. The first-order valence-corrected chi connectivity index (χ1v) is 7.23. The maximum absolute atomic E-state index is 11.9. The fourth-order valence-electron chi connectivity index (χ4n) is 2.48. The Balaban J connectivity index is 1.77. The van der Waals surface area contributed by atoms with Crippen LogP contribution < -0.4 is 0 Å². The van der Waals surface area contributed by atoms with Gasteiger partial charge in [-0.3, -0.25) is 19.3 Å². The molecule has 0 saturated heterocycles. The van der Waals surface area contributed by atoms with E-state index in [0.717, 1.165) is 0 Å².